The van der Waals surface area contributed by atoms with Crippen LogP contribution in [0.3, 0.4) is 0 Å². The van der Waals surface area contributed by atoms with Gasteiger partial charge >= 0.3 is 0 Å². The Morgan fingerprint density at radius 1 is 1.26 bits per heavy atom. The molecule has 0 saturated heterocycles. The molecule has 0 aliphatic carbocycles. The van der Waals surface area contributed by atoms with Crippen LogP contribution in [-0.2, 0) is 9.63 Å². The van der Waals surface area contributed by atoms with Gasteiger partial charge in [0.05, 0.1) is 24.0 Å². The summed E-state index contributed by atoms with van der Waals surface area (Å²) in [6, 6.07) is 12.1. The smallest absolute Gasteiger partial charge is 0.265 e. The molecular weight excluding hydrogens is 339 g/mol. The minimum Gasteiger partial charge on any atom is -0.495 e. The Balaban J connectivity index is 1.86. The number of rotatable bonds is 6. The van der Waals surface area contributed by atoms with Crippen LogP contribution >= 0.6 is 23.2 Å². The Morgan fingerprint density at radius 2 is 2.04 bits per heavy atom. The van der Waals surface area contributed by atoms with Crippen LogP contribution in [0.2, 0.25) is 10.0 Å². The largest absolute Gasteiger partial charge is 0.495 e. The lowest BCUT2D eigenvalue weighted by molar-refractivity contribution is -0.120. The van der Waals surface area contributed by atoms with E-state index >= 15 is 0 Å². The van der Waals surface area contributed by atoms with Crippen molar-refractivity contribution in [2.24, 2.45) is 5.16 Å². The van der Waals surface area contributed by atoms with Gasteiger partial charge in [-0.2, -0.15) is 0 Å². The van der Waals surface area contributed by atoms with Crippen LogP contribution in [0.25, 0.3) is 0 Å². The first kappa shape index (κ1) is 17.1. The van der Waals surface area contributed by atoms with Crippen LogP contribution in [0.4, 0.5) is 5.69 Å². The zero-order valence-electron chi connectivity index (χ0n) is 12.3. The maximum atomic E-state index is 11.8. The first-order valence-corrected chi connectivity index (χ1v) is 7.39. The minimum absolute atomic E-state index is 0.236. The van der Waals surface area contributed by atoms with Crippen molar-refractivity contribution in [3.05, 3.63) is 58.1 Å². The fourth-order valence-electron chi connectivity index (χ4n) is 1.73. The molecule has 1 amide bonds. The number of halogens is 2. The molecule has 120 valence electrons. The molecule has 0 radical (unpaired) electrons. The highest BCUT2D eigenvalue weighted by Crippen LogP contribution is 2.22. The standard InChI is InChI=1S/C16H14Cl2N2O3/c1-22-15-5-3-2-4-14(15)20-16(21)10-23-19-9-11-6-7-12(17)8-13(11)18/h2-9H,10H2,1H3,(H,20,21). The van der Waals surface area contributed by atoms with Crippen molar-refractivity contribution in [1.82, 2.24) is 0 Å². The van der Waals surface area contributed by atoms with Gasteiger partial charge in [0, 0.05) is 10.6 Å². The summed E-state index contributed by atoms with van der Waals surface area (Å²) in [6.07, 6.45) is 1.41. The predicted molar refractivity (Wildman–Crippen MR) is 91.6 cm³/mol. The van der Waals surface area contributed by atoms with Gasteiger partial charge in [0.15, 0.2) is 6.61 Å². The van der Waals surface area contributed by atoms with Crippen LogP contribution in [0.5, 0.6) is 5.75 Å². The number of para-hydroxylation sites is 2. The van der Waals surface area contributed by atoms with Crippen LogP contribution in [0.15, 0.2) is 47.6 Å². The molecule has 0 unspecified atom stereocenters. The van der Waals surface area contributed by atoms with Gasteiger partial charge < -0.3 is 14.9 Å². The van der Waals surface area contributed by atoms with Crippen molar-refractivity contribution in [2.75, 3.05) is 19.0 Å². The molecule has 0 fully saturated rings. The third kappa shape index (κ3) is 5.16. The van der Waals surface area contributed by atoms with Gasteiger partial charge in [0.2, 0.25) is 0 Å². The molecule has 0 heterocycles. The normalized spacial score (nSPS) is 10.6. The third-order valence-corrected chi connectivity index (χ3v) is 3.37. The quantitative estimate of drug-likeness (QED) is 0.631. The summed E-state index contributed by atoms with van der Waals surface area (Å²) >= 11 is 11.8. The number of carbonyl (C=O) groups is 1. The lowest BCUT2D eigenvalue weighted by atomic mass is 10.2. The number of methoxy groups -OCH3 is 1. The number of ether oxygens (including phenoxy) is 1. The van der Waals surface area contributed by atoms with Gasteiger partial charge in [-0.15, -0.1) is 0 Å². The van der Waals surface area contributed by atoms with Crippen LogP contribution < -0.4 is 10.1 Å². The number of amides is 1. The van der Waals surface area contributed by atoms with Crippen molar-refractivity contribution in [2.45, 2.75) is 0 Å². The lowest BCUT2D eigenvalue weighted by Gasteiger charge is -2.08. The molecule has 7 heteroatoms. The highest BCUT2D eigenvalue weighted by Gasteiger charge is 2.07. The molecule has 2 rings (SSSR count). The maximum absolute atomic E-state index is 11.8. The number of nitrogens with zero attached hydrogens (tertiary/aromatic N) is 1. The van der Waals surface area contributed by atoms with E-state index < -0.39 is 0 Å². The Labute approximate surface area is 143 Å². The second kappa shape index (κ2) is 8.41. The molecule has 2 aromatic rings. The number of hydrogen-bond acceptors (Lipinski definition) is 4. The summed E-state index contributed by atoms with van der Waals surface area (Å²) in [5.74, 6) is 0.214. The average molecular weight is 353 g/mol. The van der Waals surface area contributed by atoms with E-state index in [1.165, 1.54) is 13.3 Å². The summed E-state index contributed by atoms with van der Waals surface area (Å²) in [6.45, 7) is -0.236. The Morgan fingerprint density at radius 3 is 2.78 bits per heavy atom. The molecule has 0 bridgehead atoms. The fourth-order valence-corrected chi connectivity index (χ4v) is 2.19. The van der Waals surface area contributed by atoms with Crippen molar-refractivity contribution < 1.29 is 14.4 Å². The van der Waals surface area contributed by atoms with Crippen molar-refractivity contribution in [3.63, 3.8) is 0 Å². The Hall–Kier alpha value is -2.24. The topological polar surface area (TPSA) is 59.9 Å². The van der Waals surface area contributed by atoms with E-state index in [2.05, 4.69) is 10.5 Å². The van der Waals surface area contributed by atoms with Gasteiger partial charge in [0.1, 0.15) is 5.75 Å². The van der Waals surface area contributed by atoms with E-state index in [-0.39, 0.29) is 12.5 Å². The van der Waals surface area contributed by atoms with Gasteiger partial charge in [-0.3, -0.25) is 4.79 Å². The number of benzene rings is 2. The zero-order chi connectivity index (χ0) is 16.7. The molecule has 23 heavy (non-hydrogen) atoms. The molecule has 0 spiro atoms. The van der Waals surface area contributed by atoms with E-state index in [1.807, 2.05) is 6.07 Å². The highest BCUT2D eigenvalue weighted by molar-refractivity contribution is 6.36. The zero-order valence-corrected chi connectivity index (χ0v) is 13.8. The molecule has 0 aliphatic heterocycles. The van der Waals surface area contributed by atoms with Crippen molar-refractivity contribution in [1.29, 1.82) is 0 Å². The van der Waals surface area contributed by atoms with Crippen LogP contribution in [-0.4, -0.2) is 25.8 Å². The summed E-state index contributed by atoms with van der Waals surface area (Å²) in [4.78, 5) is 16.7. The average Bonchev–Trinajstić information content (AvgIpc) is 2.53. The fraction of sp³-hybridized carbons (Fsp3) is 0.125. The second-order valence-electron chi connectivity index (χ2n) is 4.42. The van der Waals surface area contributed by atoms with Crippen LogP contribution in [0.1, 0.15) is 5.56 Å². The monoisotopic (exact) mass is 352 g/mol. The Bertz CT molecular complexity index is 720. The number of hydrogen-bond donors (Lipinski definition) is 1. The predicted octanol–water partition coefficient (Wildman–Crippen LogP) is 3.99. The summed E-state index contributed by atoms with van der Waals surface area (Å²) in [5.41, 5.74) is 1.20. The first-order chi connectivity index (χ1) is 11.1. The number of oxime groups is 1. The first-order valence-electron chi connectivity index (χ1n) is 6.63. The van der Waals surface area contributed by atoms with E-state index in [4.69, 9.17) is 32.8 Å². The van der Waals surface area contributed by atoms with E-state index in [9.17, 15) is 4.79 Å². The molecule has 2 aromatic carbocycles. The number of carbonyl (C=O) groups excluding carboxylic acids is 1. The Kier molecular flexibility index (Phi) is 6.26. The van der Waals surface area contributed by atoms with E-state index in [1.54, 1.807) is 36.4 Å². The second-order valence-corrected chi connectivity index (χ2v) is 5.27. The van der Waals surface area contributed by atoms with Crippen molar-refractivity contribution in [3.8, 4) is 5.75 Å². The molecule has 0 aliphatic rings. The van der Waals surface area contributed by atoms with Crippen LogP contribution in [0, 0.1) is 0 Å². The summed E-state index contributed by atoms with van der Waals surface area (Å²) in [5, 5.41) is 7.36. The molecule has 1 N–H and O–H groups in total. The third-order valence-electron chi connectivity index (χ3n) is 2.81. The molecule has 0 aromatic heterocycles. The lowest BCUT2D eigenvalue weighted by Crippen LogP contribution is -2.17. The molecule has 0 saturated carbocycles. The van der Waals surface area contributed by atoms with Crippen molar-refractivity contribution >= 4 is 41.0 Å². The SMILES string of the molecule is COc1ccccc1NC(=O)CON=Cc1ccc(Cl)cc1Cl. The van der Waals surface area contributed by atoms with Gasteiger partial charge in [-0.05, 0) is 24.3 Å². The number of nitrogens with one attached hydrogen (secondary N) is 1. The maximum Gasteiger partial charge on any atom is 0.265 e. The minimum atomic E-state index is -0.353. The van der Waals surface area contributed by atoms with E-state index in [0.717, 1.165) is 0 Å². The van der Waals surface area contributed by atoms with Gasteiger partial charge in [0.25, 0.3) is 5.91 Å². The molecule has 0 atom stereocenters. The molecule has 5 nitrogen and oxygen atoms in total. The summed E-state index contributed by atoms with van der Waals surface area (Å²) in [7, 11) is 1.53. The highest BCUT2D eigenvalue weighted by atomic mass is 35.5. The van der Waals surface area contributed by atoms with Gasteiger partial charge in [-0.25, -0.2) is 0 Å². The number of anilines is 1. The molecular formula is C16H14Cl2N2O3. The van der Waals surface area contributed by atoms with E-state index in [0.29, 0.717) is 27.0 Å². The van der Waals surface area contributed by atoms with Gasteiger partial charge in [-0.1, -0.05) is 46.6 Å². The summed E-state index contributed by atoms with van der Waals surface area (Å²) < 4.78 is 5.14.